The Balaban J connectivity index is 2.00. The molecule has 1 aliphatic carbocycles. The lowest BCUT2D eigenvalue weighted by atomic mass is 9.75. The number of ether oxygens (including phenoxy) is 1. The Morgan fingerprint density at radius 1 is 1.37 bits per heavy atom. The van der Waals surface area contributed by atoms with Crippen LogP contribution >= 0.6 is 0 Å². The molecule has 0 aromatic heterocycles. The number of nitrogens with zero attached hydrogens (tertiary/aromatic N) is 1. The third-order valence-corrected chi connectivity index (χ3v) is 3.67. The van der Waals surface area contributed by atoms with Crippen molar-refractivity contribution in [2.24, 2.45) is 11.7 Å². The van der Waals surface area contributed by atoms with Crippen molar-refractivity contribution >= 4 is 6.09 Å². The highest BCUT2D eigenvalue weighted by Crippen LogP contribution is 2.47. The van der Waals surface area contributed by atoms with Crippen LogP contribution in [0.4, 0.5) is 13.6 Å². The Morgan fingerprint density at radius 2 is 1.95 bits per heavy atom. The normalized spacial score (nSPS) is 31.2. The number of amides is 1. The molecule has 1 amide bonds. The Bertz CT molecular complexity index is 360. The number of carbonyl (C=O) groups excluding carboxylic acids is 1. The molecular weight excluding hydrogens is 254 g/mol. The van der Waals surface area contributed by atoms with Gasteiger partial charge in [0.15, 0.2) is 0 Å². The van der Waals surface area contributed by atoms with Crippen LogP contribution in [0.1, 0.15) is 40.0 Å². The fraction of sp³-hybridized carbons (Fsp3) is 0.923. The number of hydrogen-bond acceptors (Lipinski definition) is 3. The van der Waals surface area contributed by atoms with Crippen LogP contribution in [0.3, 0.4) is 0 Å². The first kappa shape index (κ1) is 14.5. The molecule has 1 heterocycles. The zero-order valence-electron chi connectivity index (χ0n) is 11.7. The monoisotopic (exact) mass is 276 g/mol. The maximum absolute atomic E-state index is 13.0. The Hall–Kier alpha value is -0.910. The molecule has 6 heteroatoms. The molecule has 110 valence electrons. The van der Waals surface area contributed by atoms with Crippen molar-refractivity contribution in [3.63, 3.8) is 0 Å². The van der Waals surface area contributed by atoms with Crippen LogP contribution in [0.5, 0.6) is 0 Å². The summed E-state index contributed by atoms with van der Waals surface area (Å²) in [7, 11) is 0. The highest BCUT2D eigenvalue weighted by atomic mass is 19.3. The zero-order valence-corrected chi connectivity index (χ0v) is 11.7. The van der Waals surface area contributed by atoms with Gasteiger partial charge in [0.1, 0.15) is 5.60 Å². The van der Waals surface area contributed by atoms with E-state index in [2.05, 4.69) is 0 Å². The van der Waals surface area contributed by atoms with Crippen molar-refractivity contribution in [2.75, 3.05) is 6.54 Å². The van der Waals surface area contributed by atoms with Crippen molar-refractivity contribution in [2.45, 2.75) is 63.6 Å². The number of nitrogens with two attached hydrogens (primary N) is 1. The minimum Gasteiger partial charge on any atom is -0.444 e. The molecule has 0 radical (unpaired) electrons. The summed E-state index contributed by atoms with van der Waals surface area (Å²) in [4.78, 5) is 13.6. The Labute approximate surface area is 112 Å². The molecule has 0 bridgehead atoms. The van der Waals surface area contributed by atoms with Crippen molar-refractivity contribution in [3.8, 4) is 0 Å². The van der Waals surface area contributed by atoms with Crippen LogP contribution in [0.25, 0.3) is 0 Å². The van der Waals surface area contributed by atoms with Crippen molar-refractivity contribution in [3.05, 3.63) is 0 Å². The van der Waals surface area contributed by atoms with Gasteiger partial charge in [-0.3, -0.25) is 0 Å². The minimum absolute atomic E-state index is 0.147. The van der Waals surface area contributed by atoms with E-state index in [1.165, 1.54) is 4.90 Å². The van der Waals surface area contributed by atoms with Gasteiger partial charge in [0.2, 0.25) is 5.92 Å². The second-order valence-electron chi connectivity index (χ2n) is 6.72. The van der Waals surface area contributed by atoms with Gasteiger partial charge < -0.3 is 15.4 Å². The lowest BCUT2D eigenvalue weighted by Gasteiger charge is -2.42. The van der Waals surface area contributed by atoms with Gasteiger partial charge in [0.25, 0.3) is 0 Å². The van der Waals surface area contributed by atoms with Gasteiger partial charge in [-0.25, -0.2) is 13.6 Å². The van der Waals surface area contributed by atoms with Gasteiger partial charge in [-0.05, 0) is 33.1 Å². The van der Waals surface area contributed by atoms with Gasteiger partial charge >= 0.3 is 6.09 Å². The van der Waals surface area contributed by atoms with Crippen molar-refractivity contribution < 1.29 is 18.3 Å². The molecule has 0 aromatic rings. The van der Waals surface area contributed by atoms with Crippen LogP contribution in [-0.4, -0.2) is 41.1 Å². The van der Waals surface area contributed by atoms with E-state index in [1.807, 2.05) is 0 Å². The standard InChI is InChI=1S/C13H22F2N2O2/c1-12(2,3)19-11(18)17-7-9(16)4-10(17)8-5-13(14,15)6-8/h8-10H,4-7,16H2,1-3H3. The second-order valence-corrected chi connectivity index (χ2v) is 6.72. The summed E-state index contributed by atoms with van der Waals surface area (Å²) >= 11 is 0. The molecule has 2 atom stereocenters. The maximum Gasteiger partial charge on any atom is 0.410 e. The number of alkyl halides is 2. The highest BCUT2D eigenvalue weighted by molar-refractivity contribution is 5.69. The first-order valence-electron chi connectivity index (χ1n) is 6.70. The van der Waals surface area contributed by atoms with Gasteiger partial charge in [0.05, 0.1) is 0 Å². The number of hydrogen-bond donors (Lipinski definition) is 1. The topological polar surface area (TPSA) is 55.6 Å². The summed E-state index contributed by atoms with van der Waals surface area (Å²) in [5.74, 6) is -2.73. The molecule has 4 nitrogen and oxygen atoms in total. The summed E-state index contributed by atoms with van der Waals surface area (Å²) < 4.78 is 31.3. The third-order valence-electron chi connectivity index (χ3n) is 3.67. The van der Waals surface area contributed by atoms with E-state index in [4.69, 9.17) is 10.5 Å². The molecule has 2 N–H and O–H groups in total. The SMILES string of the molecule is CC(C)(C)OC(=O)N1CC(N)CC1C1CC(F)(F)C1. The molecule has 0 spiro atoms. The van der Waals surface area contributed by atoms with Gasteiger partial charge in [-0.2, -0.15) is 0 Å². The third kappa shape index (κ3) is 3.35. The van der Waals surface area contributed by atoms with Crippen molar-refractivity contribution in [1.82, 2.24) is 4.90 Å². The van der Waals surface area contributed by atoms with E-state index in [0.717, 1.165) is 0 Å². The lowest BCUT2D eigenvalue weighted by Crippen LogP contribution is -2.50. The van der Waals surface area contributed by atoms with Crippen LogP contribution in [0.15, 0.2) is 0 Å². The van der Waals surface area contributed by atoms with E-state index in [0.29, 0.717) is 13.0 Å². The van der Waals surface area contributed by atoms with Crippen LogP contribution < -0.4 is 5.73 Å². The number of halogens is 2. The zero-order chi connectivity index (χ0) is 14.4. The summed E-state index contributed by atoms with van der Waals surface area (Å²) in [6.07, 6.45) is -0.159. The molecule has 2 unspecified atom stereocenters. The van der Waals surface area contributed by atoms with Gasteiger partial charge in [-0.15, -0.1) is 0 Å². The Morgan fingerprint density at radius 3 is 2.42 bits per heavy atom. The fourth-order valence-corrected chi connectivity index (χ4v) is 2.86. The smallest absolute Gasteiger partial charge is 0.410 e. The molecule has 2 fully saturated rings. The second kappa shape index (κ2) is 4.58. The molecule has 19 heavy (non-hydrogen) atoms. The van der Waals surface area contributed by atoms with Gasteiger partial charge in [0, 0.05) is 31.5 Å². The molecule has 2 aliphatic rings. The average molecular weight is 276 g/mol. The molecule has 2 rings (SSSR count). The quantitative estimate of drug-likeness (QED) is 0.800. The van der Waals surface area contributed by atoms with E-state index in [1.54, 1.807) is 20.8 Å². The first-order valence-corrected chi connectivity index (χ1v) is 6.70. The highest BCUT2D eigenvalue weighted by Gasteiger charge is 2.52. The maximum atomic E-state index is 13.0. The van der Waals surface area contributed by atoms with Crippen LogP contribution in [0, 0.1) is 5.92 Å². The summed E-state index contributed by atoms with van der Waals surface area (Å²) in [6, 6.07) is -0.351. The van der Waals surface area contributed by atoms with Crippen LogP contribution in [0.2, 0.25) is 0 Å². The fourth-order valence-electron chi connectivity index (χ4n) is 2.86. The van der Waals surface area contributed by atoms with Crippen LogP contribution in [-0.2, 0) is 4.74 Å². The summed E-state index contributed by atoms with van der Waals surface area (Å²) in [5.41, 5.74) is 5.28. The minimum atomic E-state index is -2.57. The largest absolute Gasteiger partial charge is 0.444 e. The Kier molecular flexibility index (Phi) is 3.49. The molecule has 1 saturated heterocycles. The number of rotatable bonds is 1. The summed E-state index contributed by atoms with van der Waals surface area (Å²) in [6.45, 7) is 5.75. The van der Waals surface area contributed by atoms with E-state index >= 15 is 0 Å². The van der Waals surface area contributed by atoms with E-state index in [-0.39, 0.29) is 30.8 Å². The first-order chi connectivity index (χ1) is 8.57. The molecule has 1 saturated carbocycles. The molecule has 0 aromatic carbocycles. The van der Waals surface area contributed by atoms with E-state index in [9.17, 15) is 13.6 Å². The summed E-state index contributed by atoms with van der Waals surface area (Å²) in [5, 5.41) is 0. The van der Waals surface area contributed by atoms with Crippen molar-refractivity contribution in [1.29, 1.82) is 0 Å². The number of carbonyl (C=O) groups is 1. The number of likely N-dealkylation sites (tertiary alicyclic amines) is 1. The molecular formula is C13H22F2N2O2. The average Bonchev–Trinajstić information content (AvgIpc) is 2.53. The van der Waals surface area contributed by atoms with Gasteiger partial charge in [-0.1, -0.05) is 0 Å². The lowest BCUT2D eigenvalue weighted by molar-refractivity contribution is -0.127. The molecule has 1 aliphatic heterocycles. The predicted molar refractivity (Wildman–Crippen MR) is 67.0 cm³/mol. The predicted octanol–water partition coefficient (Wildman–Crippen LogP) is 2.37. The van der Waals surface area contributed by atoms with E-state index < -0.39 is 17.6 Å².